The average molecular weight is 408 g/mol. The fraction of sp³-hybridized carbons (Fsp3) is 0.0625. The molecule has 2 aromatic carbocycles. The standard InChI is InChI=1S/C16H12Br2N2O/c17-13-7-12(19)8-14(18)16(13)21-9-11-4-1-3-10-5-2-6-20-15(10)11/h1-8H,9,19H2. The number of rotatable bonds is 3. The Morgan fingerprint density at radius 3 is 2.52 bits per heavy atom. The highest BCUT2D eigenvalue weighted by Gasteiger charge is 2.09. The highest BCUT2D eigenvalue weighted by molar-refractivity contribution is 9.11. The van der Waals surface area contributed by atoms with E-state index in [4.69, 9.17) is 10.5 Å². The van der Waals surface area contributed by atoms with Crippen molar-refractivity contribution in [2.45, 2.75) is 6.61 Å². The first-order valence-electron chi connectivity index (χ1n) is 6.35. The molecule has 0 atom stereocenters. The minimum atomic E-state index is 0.440. The Morgan fingerprint density at radius 1 is 1.05 bits per heavy atom. The summed E-state index contributed by atoms with van der Waals surface area (Å²) >= 11 is 6.94. The first kappa shape index (κ1) is 14.4. The molecule has 0 aliphatic rings. The molecule has 0 spiro atoms. The van der Waals surface area contributed by atoms with Gasteiger partial charge >= 0.3 is 0 Å². The molecular weight excluding hydrogens is 396 g/mol. The Morgan fingerprint density at radius 2 is 1.76 bits per heavy atom. The number of nitrogens with zero attached hydrogens (tertiary/aromatic N) is 1. The minimum absolute atomic E-state index is 0.440. The lowest BCUT2D eigenvalue weighted by Gasteiger charge is -2.12. The number of para-hydroxylation sites is 1. The molecule has 1 aromatic heterocycles. The molecule has 3 rings (SSSR count). The third kappa shape index (κ3) is 3.04. The third-order valence-electron chi connectivity index (χ3n) is 3.11. The van der Waals surface area contributed by atoms with E-state index < -0.39 is 0 Å². The summed E-state index contributed by atoms with van der Waals surface area (Å²) in [5.74, 6) is 0.733. The number of halogens is 2. The number of nitrogens with two attached hydrogens (primary N) is 1. The Hall–Kier alpha value is -1.59. The molecule has 5 heteroatoms. The molecule has 3 nitrogen and oxygen atoms in total. The van der Waals surface area contributed by atoms with Gasteiger partial charge in [0.1, 0.15) is 12.4 Å². The molecule has 0 aliphatic carbocycles. The maximum absolute atomic E-state index is 5.93. The van der Waals surface area contributed by atoms with Gasteiger partial charge in [-0.05, 0) is 50.1 Å². The van der Waals surface area contributed by atoms with Crippen LogP contribution in [0.4, 0.5) is 5.69 Å². The van der Waals surface area contributed by atoms with Crippen molar-refractivity contribution in [3.8, 4) is 5.75 Å². The van der Waals surface area contributed by atoms with Crippen molar-refractivity contribution in [3.63, 3.8) is 0 Å². The van der Waals surface area contributed by atoms with Crippen LogP contribution in [0.3, 0.4) is 0 Å². The van der Waals surface area contributed by atoms with Crippen LogP contribution in [0.2, 0.25) is 0 Å². The number of benzene rings is 2. The number of fused-ring (bicyclic) bond motifs is 1. The van der Waals surface area contributed by atoms with Crippen LogP contribution < -0.4 is 10.5 Å². The van der Waals surface area contributed by atoms with E-state index in [1.165, 1.54) is 0 Å². The number of nitrogen functional groups attached to an aromatic ring is 1. The number of hydrogen-bond acceptors (Lipinski definition) is 3. The van der Waals surface area contributed by atoms with Gasteiger partial charge in [0.05, 0.1) is 14.5 Å². The molecule has 106 valence electrons. The Labute approximate surface area is 139 Å². The summed E-state index contributed by atoms with van der Waals surface area (Å²) in [5.41, 5.74) is 8.46. The molecule has 0 saturated heterocycles. The number of anilines is 1. The lowest BCUT2D eigenvalue weighted by atomic mass is 10.1. The Balaban J connectivity index is 1.91. The van der Waals surface area contributed by atoms with Crippen molar-refractivity contribution in [3.05, 3.63) is 63.2 Å². The summed E-state index contributed by atoms with van der Waals surface area (Å²) in [6.07, 6.45) is 1.79. The monoisotopic (exact) mass is 406 g/mol. The van der Waals surface area contributed by atoms with Crippen LogP contribution in [-0.4, -0.2) is 4.98 Å². The molecule has 0 amide bonds. The predicted molar refractivity (Wildman–Crippen MR) is 92.3 cm³/mol. The van der Waals surface area contributed by atoms with Crippen molar-refractivity contribution in [2.75, 3.05) is 5.73 Å². The minimum Gasteiger partial charge on any atom is -0.486 e. The van der Waals surface area contributed by atoms with Gasteiger partial charge in [0.15, 0.2) is 0 Å². The van der Waals surface area contributed by atoms with Crippen molar-refractivity contribution >= 4 is 48.5 Å². The molecule has 0 unspecified atom stereocenters. The van der Waals surface area contributed by atoms with E-state index in [1.807, 2.05) is 42.5 Å². The van der Waals surface area contributed by atoms with E-state index >= 15 is 0 Å². The topological polar surface area (TPSA) is 48.1 Å². The van der Waals surface area contributed by atoms with Crippen molar-refractivity contribution in [1.82, 2.24) is 4.98 Å². The second kappa shape index (κ2) is 6.03. The van der Waals surface area contributed by atoms with Gasteiger partial charge < -0.3 is 10.5 Å². The number of aromatic nitrogens is 1. The molecular formula is C16H12Br2N2O. The second-order valence-electron chi connectivity index (χ2n) is 4.59. The van der Waals surface area contributed by atoms with Crippen LogP contribution in [0.15, 0.2) is 57.6 Å². The normalized spacial score (nSPS) is 10.8. The summed E-state index contributed by atoms with van der Waals surface area (Å²) in [7, 11) is 0. The van der Waals surface area contributed by atoms with Crippen LogP contribution in [0.25, 0.3) is 10.9 Å². The number of ether oxygens (including phenoxy) is 1. The molecule has 2 N–H and O–H groups in total. The number of pyridine rings is 1. The third-order valence-corrected chi connectivity index (χ3v) is 4.29. The second-order valence-corrected chi connectivity index (χ2v) is 6.30. The lowest BCUT2D eigenvalue weighted by molar-refractivity contribution is 0.303. The van der Waals surface area contributed by atoms with Gasteiger partial charge in [-0.2, -0.15) is 0 Å². The van der Waals surface area contributed by atoms with E-state index in [-0.39, 0.29) is 0 Å². The largest absolute Gasteiger partial charge is 0.486 e. The number of hydrogen-bond donors (Lipinski definition) is 1. The zero-order chi connectivity index (χ0) is 14.8. The molecule has 21 heavy (non-hydrogen) atoms. The van der Waals surface area contributed by atoms with Gasteiger partial charge in [0.2, 0.25) is 0 Å². The summed E-state index contributed by atoms with van der Waals surface area (Å²) in [6, 6.07) is 13.7. The lowest BCUT2D eigenvalue weighted by Crippen LogP contribution is -1.99. The zero-order valence-electron chi connectivity index (χ0n) is 11.0. The fourth-order valence-electron chi connectivity index (χ4n) is 2.15. The quantitative estimate of drug-likeness (QED) is 0.626. The first-order chi connectivity index (χ1) is 10.1. The van der Waals surface area contributed by atoms with E-state index in [0.717, 1.165) is 31.2 Å². The zero-order valence-corrected chi connectivity index (χ0v) is 14.2. The average Bonchev–Trinajstić information content (AvgIpc) is 2.46. The van der Waals surface area contributed by atoms with Gasteiger partial charge in [-0.3, -0.25) is 4.98 Å². The summed E-state index contributed by atoms with van der Waals surface area (Å²) < 4.78 is 7.57. The highest BCUT2D eigenvalue weighted by Crippen LogP contribution is 2.36. The molecule has 3 aromatic rings. The fourth-order valence-corrected chi connectivity index (χ4v) is 3.60. The Bertz CT molecular complexity index is 777. The van der Waals surface area contributed by atoms with Gasteiger partial charge in [0.25, 0.3) is 0 Å². The molecule has 0 fully saturated rings. The maximum atomic E-state index is 5.93. The van der Waals surface area contributed by atoms with Crippen LogP contribution in [0, 0.1) is 0 Å². The SMILES string of the molecule is Nc1cc(Br)c(OCc2cccc3cccnc23)c(Br)c1. The highest BCUT2D eigenvalue weighted by atomic mass is 79.9. The molecule has 0 radical (unpaired) electrons. The van der Waals surface area contributed by atoms with Crippen molar-refractivity contribution in [1.29, 1.82) is 0 Å². The van der Waals surface area contributed by atoms with E-state index in [9.17, 15) is 0 Å². The molecule has 0 aliphatic heterocycles. The van der Waals surface area contributed by atoms with Gasteiger partial charge in [0, 0.05) is 22.8 Å². The van der Waals surface area contributed by atoms with Crippen LogP contribution >= 0.6 is 31.9 Å². The van der Waals surface area contributed by atoms with E-state index in [1.54, 1.807) is 6.20 Å². The van der Waals surface area contributed by atoms with Crippen LogP contribution in [-0.2, 0) is 6.61 Å². The van der Waals surface area contributed by atoms with Crippen molar-refractivity contribution < 1.29 is 4.74 Å². The van der Waals surface area contributed by atoms with Crippen LogP contribution in [0.5, 0.6) is 5.75 Å². The predicted octanol–water partition coefficient (Wildman–Crippen LogP) is 4.92. The Kier molecular flexibility index (Phi) is 4.12. The van der Waals surface area contributed by atoms with Crippen LogP contribution in [0.1, 0.15) is 5.56 Å². The van der Waals surface area contributed by atoms with Gasteiger partial charge in [-0.25, -0.2) is 0 Å². The molecule has 1 heterocycles. The van der Waals surface area contributed by atoms with Gasteiger partial charge in [-0.1, -0.05) is 24.3 Å². The molecule has 0 bridgehead atoms. The summed E-state index contributed by atoms with van der Waals surface area (Å²) in [4.78, 5) is 4.43. The maximum Gasteiger partial charge on any atom is 0.148 e. The van der Waals surface area contributed by atoms with Gasteiger partial charge in [-0.15, -0.1) is 0 Å². The smallest absolute Gasteiger partial charge is 0.148 e. The first-order valence-corrected chi connectivity index (χ1v) is 7.93. The van der Waals surface area contributed by atoms with E-state index in [0.29, 0.717) is 12.3 Å². The van der Waals surface area contributed by atoms with Crippen molar-refractivity contribution in [2.24, 2.45) is 0 Å². The summed E-state index contributed by atoms with van der Waals surface area (Å²) in [5, 5.41) is 1.11. The summed E-state index contributed by atoms with van der Waals surface area (Å²) in [6.45, 7) is 0.440. The van der Waals surface area contributed by atoms with E-state index in [2.05, 4.69) is 36.8 Å². The molecule has 0 saturated carbocycles.